The number of aromatic hydroxyl groups is 1. The van der Waals surface area contributed by atoms with E-state index in [-0.39, 0.29) is 6.04 Å². The number of rotatable bonds is 3. The van der Waals surface area contributed by atoms with Crippen LogP contribution in [0.25, 0.3) is 0 Å². The van der Waals surface area contributed by atoms with Crippen molar-refractivity contribution >= 4 is 15.9 Å². The highest BCUT2D eigenvalue weighted by molar-refractivity contribution is 9.10. The average Bonchev–Trinajstić information content (AvgIpc) is 2.06. The van der Waals surface area contributed by atoms with E-state index in [1.165, 1.54) is 0 Å². The average molecular weight is 244 g/mol. The van der Waals surface area contributed by atoms with E-state index in [9.17, 15) is 5.11 Å². The van der Waals surface area contributed by atoms with Crippen LogP contribution in [0.4, 0.5) is 0 Å². The molecule has 2 nitrogen and oxygen atoms in total. The Labute approximate surface area is 86.9 Å². The van der Waals surface area contributed by atoms with E-state index in [0.29, 0.717) is 5.75 Å². The molecule has 0 unspecified atom stereocenters. The first kappa shape index (κ1) is 10.5. The van der Waals surface area contributed by atoms with E-state index >= 15 is 0 Å². The van der Waals surface area contributed by atoms with E-state index in [1.807, 2.05) is 13.0 Å². The molecule has 13 heavy (non-hydrogen) atoms. The molecule has 1 aromatic carbocycles. The number of aryl methyl sites for hydroxylation is 1. The summed E-state index contributed by atoms with van der Waals surface area (Å²) < 4.78 is 1.03. The number of nitrogens with two attached hydrogens (primary N) is 1. The molecule has 3 heteroatoms. The predicted molar refractivity (Wildman–Crippen MR) is 57.8 cm³/mol. The van der Waals surface area contributed by atoms with Gasteiger partial charge in [0, 0.05) is 10.5 Å². The summed E-state index contributed by atoms with van der Waals surface area (Å²) in [6.45, 7) is 1.98. The molecule has 1 rings (SSSR count). The summed E-state index contributed by atoms with van der Waals surface area (Å²) in [6, 6.07) is 5.49. The standard InChI is InChI=1S/C10H14BrNO/c1-7(12)2-3-8-6-9(13)4-5-10(8)11/h4-7,13H,2-3,12H2,1H3/t7-/m0/s1. The van der Waals surface area contributed by atoms with Gasteiger partial charge >= 0.3 is 0 Å². The lowest BCUT2D eigenvalue weighted by atomic mass is 10.1. The Bertz CT molecular complexity index is 286. The van der Waals surface area contributed by atoms with E-state index in [1.54, 1.807) is 12.1 Å². The van der Waals surface area contributed by atoms with Crippen molar-refractivity contribution < 1.29 is 5.11 Å². The van der Waals surface area contributed by atoms with Gasteiger partial charge in [0.15, 0.2) is 0 Å². The molecule has 0 bridgehead atoms. The van der Waals surface area contributed by atoms with Crippen LogP contribution in [0.3, 0.4) is 0 Å². The monoisotopic (exact) mass is 243 g/mol. The van der Waals surface area contributed by atoms with Crippen molar-refractivity contribution in [1.82, 2.24) is 0 Å². The van der Waals surface area contributed by atoms with Crippen molar-refractivity contribution in [3.05, 3.63) is 28.2 Å². The normalized spacial score (nSPS) is 12.8. The van der Waals surface area contributed by atoms with E-state index in [2.05, 4.69) is 15.9 Å². The van der Waals surface area contributed by atoms with Gasteiger partial charge in [-0.25, -0.2) is 0 Å². The second kappa shape index (κ2) is 4.63. The molecule has 0 aromatic heterocycles. The lowest BCUT2D eigenvalue weighted by Crippen LogP contribution is -2.15. The summed E-state index contributed by atoms with van der Waals surface area (Å²) in [5.41, 5.74) is 6.76. The van der Waals surface area contributed by atoms with Crippen molar-refractivity contribution in [1.29, 1.82) is 0 Å². The summed E-state index contributed by atoms with van der Waals surface area (Å²) in [7, 11) is 0. The minimum atomic E-state index is 0.203. The lowest BCUT2D eigenvalue weighted by Gasteiger charge is -2.07. The molecule has 3 N–H and O–H groups in total. The molecule has 1 atom stereocenters. The van der Waals surface area contributed by atoms with E-state index < -0.39 is 0 Å². The first-order valence-electron chi connectivity index (χ1n) is 4.32. The Morgan fingerprint density at radius 1 is 1.54 bits per heavy atom. The molecule has 1 aromatic rings. The fourth-order valence-corrected chi connectivity index (χ4v) is 1.58. The number of hydrogen-bond acceptors (Lipinski definition) is 2. The maximum atomic E-state index is 9.25. The molecular formula is C10H14BrNO. The zero-order valence-electron chi connectivity index (χ0n) is 7.63. The summed E-state index contributed by atoms with van der Waals surface area (Å²) >= 11 is 3.43. The third-order valence-electron chi connectivity index (χ3n) is 1.90. The molecule has 0 heterocycles. The number of phenolic OH excluding ortho intramolecular Hbond substituents is 1. The highest BCUT2D eigenvalue weighted by Gasteiger charge is 2.02. The van der Waals surface area contributed by atoms with Crippen LogP contribution in [0.2, 0.25) is 0 Å². The maximum absolute atomic E-state index is 9.25. The first-order valence-corrected chi connectivity index (χ1v) is 5.12. The van der Waals surface area contributed by atoms with Crippen molar-refractivity contribution in [2.24, 2.45) is 5.73 Å². The van der Waals surface area contributed by atoms with Gasteiger partial charge in [0.2, 0.25) is 0 Å². The predicted octanol–water partition coefficient (Wildman–Crippen LogP) is 2.43. The lowest BCUT2D eigenvalue weighted by molar-refractivity contribution is 0.474. The van der Waals surface area contributed by atoms with Gasteiger partial charge in [-0.1, -0.05) is 15.9 Å². The highest BCUT2D eigenvalue weighted by atomic mass is 79.9. The van der Waals surface area contributed by atoms with Gasteiger partial charge in [-0.15, -0.1) is 0 Å². The maximum Gasteiger partial charge on any atom is 0.115 e. The first-order chi connectivity index (χ1) is 6.09. The number of benzene rings is 1. The third kappa shape index (κ3) is 3.36. The van der Waals surface area contributed by atoms with Crippen LogP contribution in [0.1, 0.15) is 18.9 Å². The summed E-state index contributed by atoms with van der Waals surface area (Å²) in [4.78, 5) is 0. The third-order valence-corrected chi connectivity index (χ3v) is 2.67. The Kier molecular flexibility index (Phi) is 3.75. The highest BCUT2D eigenvalue weighted by Crippen LogP contribution is 2.22. The zero-order chi connectivity index (χ0) is 9.84. The fraction of sp³-hybridized carbons (Fsp3) is 0.400. The smallest absolute Gasteiger partial charge is 0.115 e. The second-order valence-electron chi connectivity index (χ2n) is 3.29. The molecule has 0 fully saturated rings. The number of phenols is 1. The van der Waals surface area contributed by atoms with Gasteiger partial charge in [0.25, 0.3) is 0 Å². The molecule has 0 aliphatic carbocycles. The Morgan fingerprint density at radius 2 is 2.23 bits per heavy atom. The van der Waals surface area contributed by atoms with Crippen molar-refractivity contribution in [3.8, 4) is 5.75 Å². The largest absolute Gasteiger partial charge is 0.508 e. The van der Waals surface area contributed by atoms with Crippen LogP contribution in [-0.2, 0) is 6.42 Å². The molecule has 0 amide bonds. The summed E-state index contributed by atoms with van der Waals surface area (Å²) in [6.07, 6.45) is 1.83. The Morgan fingerprint density at radius 3 is 2.85 bits per heavy atom. The van der Waals surface area contributed by atoms with Crippen molar-refractivity contribution in [2.75, 3.05) is 0 Å². The van der Waals surface area contributed by atoms with Crippen LogP contribution >= 0.6 is 15.9 Å². The minimum Gasteiger partial charge on any atom is -0.508 e. The molecule has 0 spiro atoms. The van der Waals surface area contributed by atoms with Gasteiger partial charge in [-0.3, -0.25) is 0 Å². The van der Waals surface area contributed by atoms with E-state index in [0.717, 1.165) is 22.9 Å². The van der Waals surface area contributed by atoms with Crippen LogP contribution in [0, 0.1) is 0 Å². The van der Waals surface area contributed by atoms with Gasteiger partial charge in [0.1, 0.15) is 5.75 Å². The Balaban J connectivity index is 2.70. The fourth-order valence-electron chi connectivity index (χ4n) is 1.14. The zero-order valence-corrected chi connectivity index (χ0v) is 9.21. The molecule has 72 valence electrons. The van der Waals surface area contributed by atoms with Crippen LogP contribution in [0.5, 0.6) is 5.75 Å². The van der Waals surface area contributed by atoms with Gasteiger partial charge in [0.05, 0.1) is 0 Å². The van der Waals surface area contributed by atoms with E-state index in [4.69, 9.17) is 5.73 Å². The molecular weight excluding hydrogens is 230 g/mol. The molecule has 0 saturated carbocycles. The minimum absolute atomic E-state index is 0.203. The Hall–Kier alpha value is -0.540. The second-order valence-corrected chi connectivity index (χ2v) is 4.15. The van der Waals surface area contributed by atoms with Crippen molar-refractivity contribution in [3.63, 3.8) is 0 Å². The number of hydrogen-bond donors (Lipinski definition) is 2. The summed E-state index contributed by atoms with van der Waals surface area (Å²) in [5, 5.41) is 9.25. The van der Waals surface area contributed by atoms with Gasteiger partial charge < -0.3 is 10.8 Å². The SMILES string of the molecule is C[C@H](N)CCc1cc(O)ccc1Br. The van der Waals surface area contributed by atoms with Crippen molar-refractivity contribution in [2.45, 2.75) is 25.8 Å². The molecule has 0 aliphatic heterocycles. The van der Waals surface area contributed by atoms with Crippen LogP contribution in [-0.4, -0.2) is 11.1 Å². The molecule has 0 saturated heterocycles. The number of halogens is 1. The topological polar surface area (TPSA) is 46.2 Å². The van der Waals surface area contributed by atoms with Crippen LogP contribution < -0.4 is 5.73 Å². The summed E-state index contributed by atoms with van der Waals surface area (Å²) in [5.74, 6) is 0.308. The quantitative estimate of drug-likeness (QED) is 0.857. The molecule has 0 aliphatic rings. The van der Waals surface area contributed by atoms with Crippen LogP contribution in [0.15, 0.2) is 22.7 Å². The van der Waals surface area contributed by atoms with Gasteiger partial charge in [-0.05, 0) is 43.5 Å². The van der Waals surface area contributed by atoms with Gasteiger partial charge in [-0.2, -0.15) is 0 Å². The molecule has 0 radical (unpaired) electrons.